The van der Waals surface area contributed by atoms with E-state index < -0.39 is 0 Å². The van der Waals surface area contributed by atoms with Crippen LogP contribution >= 0.6 is 0 Å². The van der Waals surface area contributed by atoms with Crippen molar-refractivity contribution >= 4 is 0 Å². The SMILES string of the molecule is CCC(c1ccccc1)C(CCc1cnn(C)c1)NN. The largest absolute Gasteiger partial charge is 0.276 e. The summed E-state index contributed by atoms with van der Waals surface area (Å²) in [5.74, 6) is 6.23. The number of hydrogen-bond donors (Lipinski definition) is 2. The van der Waals surface area contributed by atoms with E-state index in [1.54, 1.807) is 0 Å². The molecule has 0 fully saturated rings. The van der Waals surface area contributed by atoms with Crippen LogP contribution in [0.25, 0.3) is 0 Å². The Balaban J connectivity index is 2.02. The zero-order valence-corrected chi connectivity index (χ0v) is 12.3. The number of nitrogens with two attached hydrogens (primary N) is 1. The summed E-state index contributed by atoms with van der Waals surface area (Å²) < 4.78 is 1.84. The fraction of sp³-hybridized carbons (Fsp3) is 0.438. The van der Waals surface area contributed by atoms with Crippen molar-refractivity contribution < 1.29 is 0 Å². The molecule has 0 spiro atoms. The van der Waals surface area contributed by atoms with Gasteiger partial charge in [0.2, 0.25) is 0 Å². The van der Waals surface area contributed by atoms with E-state index in [1.807, 2.05) is 17.9 Å². The number of aryl methyl sites for hydroxylation is 2. The van der Waals surface area contributed by atoms with Gasteiger partial charge in [0.05, 0.1) is 6.20 Å². The molecule has 1 aromatic carbocycles. The fourth-order valence-electron chi connectivity index (χ4n) is 2.78. The third-order valence-corrected chi connectivity index (χ3v) is 3.87. The fourth-order valence-corrected chi connectivity index (χ4v) is 2.78. The number of nitrogens with one attached hydrogen (secondary N) is 1. The van der Waals surface area contributed by atoms with Crippen molar-refractivity contribution in [3.8, 4) is 0 Å². The molecular weight excluding hydrogens is 248 g/mol. The van der Waals surface area contributed by atoms with E-state index in [0.29, 0.717) is 5.92 Å². The topological polar surface area (TPSA) is 55.9 Å². The Morgan fingerprint density at radius 3 is 2.60 bits per heavy atom. The highest BCUT2D eigenvalue weighted by atomic mass is 15.2. The lowest BCUT2D eigenvalue weighted by Gasteiger charge is -2.26. The maximum absolute atomic E-state index is 5.79. The Morgan fingerprint density at radius 1 is 1.30 bits per heavy atom. The second kappa shape index (κ2) is 7.22. The third-order valence-electron chi connectivity index (χ3n) is 3.87. The molecule has 4 heteroatoms. The van der Waals surface area contributed by atoms with Gasteiger partial charge in [0.1, 0.15) is 0 Å². The van der Waals surface area contributed by atoms with Crippen LogP contribution in [0.1, 0.15) is 36.8 Å². The summed E-state index contributed by atoms with van der Waals surface area (Å²) in [6.45, 7) is 2.21. The number of rotatable bonds is 7. The van der Waals surface area contributed by atoms with Crippen molar-refractivity contribution in [2.24, 2.45) is 12.9 Å². The first-order valence-electron chi connectivity index (χ1n) is 7.23. The van der Waals surface area contributed by atoms with Crippen molar-refractivity contribution in [2.75, 3.05) is 0 Å². The highest BCUT2D eigenvalue weighted by Crippen LogP contribution is 2.25. The molecule has 20 heavy (non-hydrogen) atoms. The Labute approximate surface area is 121 Å². The standard InChI is InChI=1S/C16H24N4/c1-3-15(14-7-5-4-6-8-14)16(19-17)10-9-13-11-18-20(2)12-13/h4-8,11-12,15-16,19H,3,9-10,17H2,1-2H3. The van der Waals surface area contributed by atoms with Gasteiger partial charge in [-0.1, -0.05) is 37.3 Å². The first kappa shape index (κ1) is 14.8. The van der Waals surface area contributed by atoms with Crippen LogP contribution in [-0.2, 0) is 13.5 Å². The van der Waals surface area contributed by atoms with Crippen molar-refractivity contribution in [3.05, 3.63) is 53.9 Å². The molecule has 0 saturated carbocycles. The van der Waals surface area contributed by atoms with E-state index in [1.165, 1.54) is 11.1 Å². The summed E-state index contributed by atoms with van der Waals surface area (Å²) in [5.41, 5.74) is 5.61. The molecule has 0 radical (unpaired) electrons. The minimum Gasteiger partial charge on any atom is -0.276 e. The summed E-state index contributed by atoms with van der Waals surface area (Å²) in [6, 6.07) is 10.9. The molecular formula is C16H24N4. The minimum atomic E-state index is 0.280. The number of benzene rings is 1. The summed E-state index contributed by atoms with van der Waals surface area (Å²) in [5, 5.41) is 4.21. The Bertz CT molecular complexity index is 506. The molecule has 108 valence electrons. The second-order valence-electron chi connectivity index (χ2n) is 5.26. The van der Waals surface area contributed by atoms with Crippen LogP contribution in [0.5, 0.6) is 0 Å². The van der Waals surface area contributed by atoms with Gasteiger partial charge in [-0.25, -0.2) is 0 Å². The molecule has 0 aliphatic rings. The van der Waals surface area contributed by atoms with Gasteiger partial charge < -0.3 is 0 Å². The first-order chi connectivity index (χ1) is 9.74. The van der Waals surface area contributed by atoms with E-state index in [-0.39, 0.29) is 6.04 Å². The van der Waals surface area contributed by atoms with Crippen LogP contribution in [0.4, 0.5) is 0 Å². The molecule has 2 atom stereocenters. The lowest BCUT2D eigenvalue weighted by atomic mass is 9.86. The van der Waals surface area contributed by atoms with Crippen LogP contribution < -0.4 is 11.3 Å². The van der Waals surface area contributed by atoms with Crippen LogP contribution in [0.2, 0.25) is 0 Å². The number of aromatic nitrogens is 2. The summed E-state index contributed by atoms with van der Waals surface area (Å²) in [6.07, 6.45) is 7.07. The lowest BCUT2D eigenvalue weighted by Crippen LogP contribution is -2.40. The second-order valence-corrected chi connectivity index (χ2v) is 5.26. The van der Waals surface area contributed by atoms with Crippen molar-refractivity contribution in [2.45, 2.75) is 38.1 Å². The maximum Gasteiger partial charge on any atom is 0.0521 e. The zero-order valence-electron chi connectivity index (χ0n) is 12.3. The average molecular weight is 272 g/mol. The molecule has 0 amide bonds. The molecule has 1 aromatic heterocycles. The van der Waals surface area contributed by atoms with Crippen LogP contribution in [0.15, 0.2) is 42.7 Å². The summed E-state index contributed by atoms with van der Waals surface area (Å²) in [7, 11) is 1.95. The van der Waals surface area contributed by atoms with Crippen molar-refractivity contribution in [1.82, 2.24) is 15.2 Å². The lowest BCUT2D eigenvalue weighted by molar-refractivity contribution is 0.406. The molecule has 0 bridgehead atoms. The quantitative estimate of drug-likeness (QED) is 0.601. The molecule has 0 aliphatic carbocycles. The predicted octanol–water partition coefficient (Wildman–Crippen LogP) is 2.38. The Hall–Kier alpha value is -1.65. The molecule has 2 aromatic rings. The normalized spacial score (nSPS) is 14.2. The maximum atomic E-state index is 5.79. The van der Waals surface area contributed by atoms with Gasteiger partial charge in [0.15, 0.2) is 0 Å². The smallest absolute Gasteiger partial charge is 0.0521 e. The van der Waals surface area contributed by atoms with E-state index in [0.717, 1.165) is 19.3 Å². The van der Waals surface area contributed by atoms with Gasteiger partial charge in [-0.15, -0.1) is 0 Å². The molecule has 4 nitrogen and oxygen atoms in total. The van der Waals surface area contributed by atoms with E-state index >= 15 is 0 Å². The molecule has 2 unspecified atom stereocenters. The van der Waals surface area contributed by atoms with Gasteiger partial charge in [0, 0.05) is 25.2 Å². The number of hydrazine groups is 1. The monoisotopic (exact) mass is 272 g/mol. The first-order valence-corrected chi connectivity index (χ1v) is 7.23. The van der Waals surface area contributed by atoms with Gasteiger partial charge in [-0.05, 0) is 30.4 Å². The molecule has 1 heterocycles. The van der Waals surface area contributed by atoms with Gasteiger partial charge in [0.25, 0.3) is 0 Å². The van der Waals surface area contributed by atoms with E-state index in [4.69, 9.17) is 5.84 Å². The number of nitrogens with zero attached hydrogens (tertiary/aromatic N) is 2. The summed E-state index contributed by atoms with van der Waals surface area (Å²) >= 11 is 0. The molecule has 3 N–H and O–H groups in total. The Kier molecular flexibility index (Phi) is 5.32. The van der Waals surface area contributed by atoms with E-state index in [2.05, 4.69) is 54.0 Å². The van der Waals surface area contributed by atoms with Crippen molar-refractivity contribution in [3.63, 3.8) is 0 Å². The van der Waals surface area contributed by atoms with Gasteiger partial charge in [-0.2, -0.15) is 5.10 Å². The molecule has 0 aliphatic heterocycles. The molecule has 2 rings (SSSR count). The highest BCUT2D eigenvalue weighted by Gasteiger charge is 2.20. The van der Waals surface area contributed by atoms with Crippen LogP contribution in [0, 0.1) is 0 Å². The zero-order chi connectivity index (χ0) is 14.4. The van der Waals surface area contributed by atoms with Gasteiger partial charge >= 0.3 is 0 Å². The van der Waals surface area contributed by atoms with Crippen LogP contribution in [0.3, 0.4) is 0 Å². The molecule has 0 saturated heterocycles. The van der Waals surface area contributed by atoms with Crippen LogP contribution in [-0.4, -0.2) is 15.8 Å². The highest BCUT2D eigenvalue weighted by molar-refractivity contribution is 5.21. The minimum absolute atomic E-state index is 0.280. The van der Waals surface area contributed by atoms with E-state index in [9.17, 15) is 0 Å². The number of hydrogen-bond acceptors (Lipinski definition) is 3. The van der Waals surface area contributed by atoms with Gasteiger partial charge in [-0.3, -0.25) is 16.0 Å². The average Bonchev–Trinajstić information content (AvgIpc) is 2.90. The predicted molar refractivity (Wildman–Crippen MR) is 82.1 cm³/mol. The Morgan fingerprint density at radius 2 is 2.05 bits per heavy atom. The third kappa shape index (κ3) is 3.68. The summed E-state index contributed by atoms with van der Waals surface area (Å²) in [4.78, 5) is 0. The van der Waals surface area contributed by atoms with Crippen molar-refractivity contribution in [1.29, 1.82) is 0 Å².